The predicted octanol–water partition coefficient (Wildman–Crippen LogP) is 2.03. The number of likely N-dealkylation sites (N-methyl/N-ethyl adjacent to an activating group) is 2. The highest BCUT2D eigenvalue weighted by molar-refractivity contribution is 5.46. The van der Waals surface area contributed by atoms with E-state index in [1.807, 2.05) is 6.20 Å². The molecule has 0 bridgehead atoms. The van der Waals surface area contributed by atoms with Crippen molar-refractivity contribution in [3.05, 3.63) is 23.4 Å². The maximum Gasteiger partial charge on any atom is 0.131 e. The topological polar surface area (TPSA) is 31.4 Å². The second-order valence-corrected chi connectivity index (χ2v) is 5.92. The number of hydrogen-bond acceptors (Lipinski definition) is 4. The van der Waals surface area contributed by atoms with Crippen LogP contribution in [0.15, 0.2) is 12.3 Å². The Morgan fingerprint density at radius 2 is 2.30 bits per heavy atom. The molecule has 0 saturated carbocycles. The lowest BCUT2D eigenvalue weighted by Crippen LogP contribution is -2.37. The molecule has 20 heavy (non-hydrogen) atoms. The number of aryl methyl sites for hydroxylation is 1. The van der Waals surface area contributed by atoms with Gasteiger partial charge in [0.2, 0.25) is 0 Å². The average molecular weight is 276 g/mol. The van der Waals surface area contributed by atoms with Gasteiger partial charge in [0.1, 0.15) is 5.82 Å². The van der Waals surface area contributed by atoms with Crippen molar-refractivity contribution in [2.75, 3.05) is 38.6 Å². The van der Waals surface area contributed by atoms with E-state index in [0.29, 0.717) is 6.04 Å². The van der Waals surface area contributed by atoms with E-state index in [1.165, 1.54) is 30.5 Å². The van der Waals surface area contributed by atoms with Crippen LogP contribution in [0.4, 0.5) is 5.82 Å². The minimum atomic E-state index is 0.669. The van der Waals surface area contributed by atoms with E-state index in [9.17, 15) is 0 Å². The van der Waals surface area contributed by atoms with Crippen molar-refractivity contribution in [2.45, 2.75) is 39.3 Å². The maximum atomic E-state index is 4.67. The molecule has 1 atom stereocenters. The number of rotatable bonds is 6. The summed E-state index contributed by atoms with van der Waals surface area (Å²) in [6.07, 6.45) is 4.63. The van der Waals surface area contributed by atoms with Crippen molar-refractivity contribution in [3.63, 3.8) is 0 Å². The summed E-state index contributed by atoms with van der Waals surface area (Å²) in [7, 11) is 4.39. The summed E-state index contributed by atoms with van der Waals surface area (Å²) in [6.45, 7) is 8.48. The van der Waals surface area contributed by atoms with Gasteiger partial charge in [-0.2, -0.15) is 0 Å². The molecule has 1 aromatic rings. The van der Waals surface area contributed by atoms with Gasteiger partial charge in [-0.05, 0) is 57.1 Å². The Kier molecular flexibility index (Phi) is 5.38. The first-order valence-corrected chi connectivity index (χ1v) is 7.69. The van der Waals surface area contributed by atoms with E-state index in [4.69, 9.17) is 0 Å². The average Bonchev–Trinajstić information content (AvgIpc) is 2.82. The van der Waals surface area contributed by atoms with Gasteiger partial charge in [0, 0.05) is 32.4 Å². The van der Waals surface area contributed by atoms with Crippen LogP contribution < -0.4 is 10.2 Å². The molecule has 1 aliphatic rings. The molecule has 4 heteroatoms. The number of likely N-dealkylation sites (tertiary alicyclic amines) is 1. The van der Waals surface area contributed by atoms with Gasteiger partial charge in [0.25, 0.3) is 0 Å². The Balaban J connectivity index is 2.00. The standard InChI is InChI=1S/C16H28N4/c1-5-17-10-14-9-13(2)16(18-11-14)20(4)12-15-7-6-8-19(15)3/h9,11,15,17H,5-8,10,12H2,1-4H3. The summed E-state index contributed by atoms with van der Waals surface area (Å²) in [5.74, 6) is 1.12. The number of nitrogens with one attached hydrogen (secondary N) is 1. The summed E-state index contributed by atoms with van der Waals surface area (Å²) in [4.78, 5) is 9.43. The number of aromatic nitrogens is 1. The minimum absolute atomic E-state index is 0.669. The van der Waals surface area contributed by atoms with Crippen molar-refractivity contribution in [1.82, 2.24) is 15.2 Å². The maximum absolute atomic E-state index is 4.67. The quantitative estimate of drug-likeness (QED) is 0.861. The van der Waals surface area contributed by atoms with Gasteiger partial charge >= 0.3 is 0 Å². The molecule has 1 unspecified atom stereocenters. The molecule has 0 aromatic carbocycles. The number of hydrogen-bond donors (Lipinski definition) is 1. The van der Waals surface area contributed by atoms with Gasteiger partial charge in [0.05, 0.1) is 0 Å². The van der Waals surface area contributed by atoms with Crippen LogP contribution in [-0.4, -0.2) is 49.7 Å². The Bertz CT molecular complexity index is 432. The second kappa shape index (κ2) is 7.04. The van der Waals surface area contributed by atoms with E-state index in [1.54, 1.807) is 0 Å². The van der Waals surface area contributed by atoms with Gasteiger partial charge in [-0.1, -0.05) is 6.92 Å². The molecule has 2 heterocycles. The summed E-state index contributed by atoms with van der Waals surface area (Å²) < 4.78 is 0. The Labute approximate surface area is 123 Å². The van der Waals surface area contributed by atoms with E-state index in [2.05, 4.69) is 54.1 Å². The molecule has 0 aliphatic carbocycles. The Morgan fingerprint density at radius 3 is 2.90 bits per heavy atom. The van der Waals surface area contributed by atoms with E-state index in [0.717, 1.165) is 25.5 Å². The van der Waals surface area contributed by atoms with Crippen molar-refractivity contribution in [1.29, 1.82) is 0 Å². The first-order valence-electron chi connectivity index (χ1n) is 7.69. The van der Waals surface area contributed by atoms with Gasteiger partial charge in [0.15, 0.2) is 0 Å². The molecule has 112 valence electrons. The molecule has 1 aromatic heterocycles. The SMILES string of the molecule is CCNCc1cnc(N(C)CC2CCCN2C)c(C)c1. The van der Waals surface area contributed by atoms with Gasteiger partial charge in [-0.15, -0.1) is 0 Å². The first kappa shape index (κ1) is 15.3. The first-order chi connectivity index (χ1) is 9.61. The zero-order chi connectivity index (χ0) is 14.5. The predicted molar refractivity (Wildman–Crippen MR) is 85.3 cm³/mol. The van der Waals surface area contributed by atoms with Crippen molar-refractivity contribution in [3.8, 4) is 0 Å². The molecule has 1 saturated heterocycles. The molecular weight excluding hydrogens is 248 g/mol. The van der Waals surface area contributed by atoms with Crippen LogP contribution in [0.5, 0.6) is 0 Å². The zero-order valence-corrected chi connectivity index (χ0v) is 13.3. The van der Waals surface area contributed by atoms with Gasteiger partial charge in [-0.25, -0.2) is 4.98 Å². The summed E-state index contributed by atoms with van der Waals surface area (Å²) >= 11 is 0. The van der Waals surface area contributed by atoms with Crippen LogP contribution >= 0.6 is 0 Å². The third kappa shape index (κ3) is 3.70. The number of pyridine rings is 1. The second-order valence-electron chi connectivity index (χ2n) is 5.92. The van der Waals surface area contributed by atoms with Gasteiger partial charge in [-0.3, -0.25) is 0 Å². The Morgan fingerprint density at radius 1 is 1.50 bits per heavy atom. The lowest BCUT2D eigenvalue weighted by atomic mass is 10.1. The van der Waals surface area contributed by atoms with E-state index in [-0.39, 0.29) is 0 Å². The molecule has 1 aliphatic heterocycles. The van der Waals surface area contributed by atoms with Crippen molar-refractivity contribution in [2.24, 2.45) is 0 Å². The number of nitrogens with zero attached hydrogens (tertiary/aromatic N) is 3. The molecule has 2 rings (SSSR count). The van der Waals surface area contributed by atoms with Crippen LogP contribution in [-0.2, 0) is 6.54 Å². The van der Waals surface area contributed by atoms with Crippen LogP contribution in [0, 0.1) is 6.92 Å². The third-order valence-corrected chi connectivity index (χ3v) is 4.20. The lowest BCUT2D eigenvalue weighted by Gasteiger charge is -2.27. The molecule has 1 N–H and O–H groups in total. The molecular formula is C16H28N4. The van der Waals surface area contributed by atoms with E-state index < -0.39 is 0 Å². The smallest absolute Gasteiger partial charge is 0.131 e. The van der Waals surface area contributed by atoms with Crippen LogP contribution in [0.1, 0.15) is 30.9 Å². The fourth-order valence-corrected chi connectivity index (χ4v) is 3.00. The summed E-state index contributed by atoms with van der Waals surface area (Å²) in [5, 5.41) is 3.34. The third-order valence-electron chi connectivity index (χ3n) is 4.20. The summed E-state index contributed by atoms with van der Waals surface area (Å²) in [5.41, 5.74) is 2.53. The highest BCUT2D eigenvalue weighted by Gasteiger charge is 2.22. The number of anilines is 1. The lowest BCUT2D eigenvalue weighted by molar-refractivity contribution is 0.314. The normalized spacial score (nSPS) is 19.5. The largest absolute Gasteiger partial charge is 0.358 e. The molecule has 0 spiro atoms. The van der Waals surface area contributed by atoms with Crippen LogP contribution in [0.2, 0.25) is 0 Å². The fraction of sp³-hybridized carbons (Fsp3) is 0.688. The van der Waals surface area contributed by atoms with Crippen LogP contribution in [0.25, 0.3) is 0 Å². The van der Waals surface area contributed by atoms with E-state index >= 15 is 0 Å². The summed E-state index contributed by atoms with van der Waals surface area (Å²) in [6, 6.07) is 2.92. The van der Waals surface area contributed by atoms with Crippen molar-refractivity contribution >= 4 is 5.82 Å². The Hall–Kier alpha value is -1.13. The van der Waals surface area contributed by atoms with Crippen molar-refractivity contribution < 1.29 is 0 Å². The highest BCUT2D eigenvalue weighted by atomic mass is 15.2. The monoisotopic (exact) mass is 276 g/mol. The molecule has 0 radical (unpaired) electrons. The minimum Gasteiger partial charge on any atom is -0.358 e. The van der Waals surface area contributed by atoms with Gasteiger partial charge < -0.3 is 15.1 Å². The molecule has 1 fully saturated rings. The molecule has 4 nitrogen and oxygen atoms in total. The zero-order valence-electron chi connectivity index (χ0n) is 13.3. The molecule has 0 amide bonds. The highest BCUT2D eigenvalue weighted by Crippen LogP contribution is 2.21. The fourth-order valence-electron chi connectivity index (χ4n) is 3.00. The van der Waals surface area contributed by atoms with Crippen LogP contribution in [0.3, 0.4) is 0 Å².